The largest absolute Gasteiger partial charge is 0.460 e. The Kier molecular flexibility index (Phi) is 6.26. The van der Waals surface area contributed by atoms with E-state index in [4.69, 9.17) is 4.74 Å². The maximum atomic E-state index is 12.2. The van der Waals surface area contributed by atoms with Gasteiger partial charge in [0.05, 0.1) is 9.82 Å². The van der Waals surface area contributed by atoms with Crippen LogP contribution in [0.4, 0.5) is 11.4 Å². The van der Waals surface area contributed by atoms with Gasteiger partial charge in [-0.3, -0.25) is 14.9 Å². The fourth-order valence-electron chi connectivity index (χ4n) is 2.07. The Bertz CT molecular complexity index is 899. The second kappa shape index (κ2) is 8.41. The first-order valence-electron chi connectivity index (χ1n) is 7.49. The van der Waals surface area contributed by atoms with E-state index >= 15 is 0 Å². The molecule has 0 spiro atoms. The third-order valence-corrected chi connectivity index (χ3v) is 4.79. The van der Waals surface area contributed by atoms with E-state index in [0.717, 1.165) is 11.6 Å². The summed E-state index contributed by atoms with van der Waals surface area (Å²) in [5.41, 5.74) is 0.556. The smallest absolute Gasteiger partial charge is 0.321 e. The molecule has 0 bridgehead atoms. The van der Waals surface area contributed by atoms with E-state index in [2.05, 4.69) is 10.0 Å². The number of nitro benzene ring substituents is 1. The van der Waals surface area contributed by atoms with E-state index in [1.54, 1.807) is 24.3 Å². The second-order valence-corrected chi connectivity index (χ2v) is 6.92. The van der Waals surface area contributed by atoms with Crippen molar-refractivity contribution in [1.29, 1.82) is 0 Å². The van der Waals surface area contributed by atoms with Crippen LogP contribution < -0.4 is 10.0 Å². The minimum atomic E-state index is -4.10. The molecule has 2 aromatic carbocycles. The molecule has 9 nitrogen and oxygen atoms in total. The van der Waals surface area contributed by atoms with Crippen LogP contribution in [0.1, 0.15) is 5.56 Å². The van der Waals surface area contributed by atoms with Gasteiger partial charge in [0.15, 0.2) is 0 Å². The average Bonchev–Trinajstić information content (AvgIpc) is 2.65. The minimum absolute atomic E-state index is 0.0176. The zero-order chi connectivity index (χ0) is 19.2. The number of ether oxygens (including phenoxy) is 1. The van der Waals surface area contributed by atoms with Crippen molar-refractivity contribution in [3.05, 3.63) is 64.2 Å². The lowest BCUT2D eigenvalue weighted by Gasteiger charge is -2.09. The molecule has 0 radical (unpaired) electrons. The second-order valence-electron chi connectivity index (χ2n) is 5.16. The molecule has 2 rings (SSSR count). The Morgan fingerprint density at radius 2 is 1.88 bits per heavy atom. The Balaban J connectivity index is 2.01. The Morgan fingerprint density at radius 3 is 2.50 bits per heavy atom. The van der Waals surface area contributed by atoms with Crippen molar-refractivity contribution in [3.63, 3.8) is 0 Å². The Labute approximate surface area is 150 Å². The number of benzene rings is 2. The number of nitrogens with one attached hydrogen (secondary N) is 2. The molecule has 0 atom stereocenters. The van der Waals surface area contributed by atoms with Gasteiger partial charge in [-0.25, -0.2) is 8.42 Å². The van der Waals surface area contributed by atoms with Crippen LogP contribution in [0.3, 0.4) is 0 Å². The van der Waals surface area contributed by atoms with E-state index in [1.807, 2.05) is 6.07 Å². The van der Waals surface area contributed by atoms with Crippen molar-refractivity contribution in [2.75, 3.05) is 18.9 Å². The van der Waals surface area contributed by atoms with Crippen LogP contribution in [0.2, 0.25) is 0 Å². The standard InChI is InChI=1S/C16H17N3O6S/c1-17-14-8-7-13(9-15(14)19(21)22)26(23,24)18-10-16(20)25-11-12-5-3-2-4-6-12/h2-9,17-18H,10-11H2,1H3. The summed E-state index contributed by atoms with van der Waals surface area (Å²) in [7, 11) is -2.62. The van der Waals surface area contributed by atoms with Gasteiger partial charge in [0, 0.05) is 13.1 Å². The van der Waals surface area contributed by atoms with Crippen LogP contribution in [0.25, 0.3) is 0 Å². The van der Waals surface area contributed by atoms with Crippen molar-refractivity contribution < 1.29 is 22.9 Å². The van der Waals surface area contributed by atoms with Crippen molar-refractivity contribution in [3.8, 4) is 0 Å². The third-order valence-electron chi connectivity index (χ3n) is 3.39. The summed E-state index contributed by atoms with van der Waals surface area (Å²) in [6.45, 7) is -0.569. The van der Waals surface area contributed by atoms with E-state index in [1.165, 1.54) is 19.2 Å². The lowest BCUT2D eigenvalue weighted by molar-refractivity contribution is -0.384. The number of nitrogens with zero attached hydrogens (tertiary/aromatic N) is 1. The Morgan fingerprint density at radius 1 is 1.19 bits per heavy atom. The molecule has 0 saturated carbocycles. The van der Waals surface area contributed by atoms with Crippen LogP contribution in [0.5, 0.6) is 0 Å². The highest BCUT2D eigenvalue weighted by Crippen LogP contribution is 2.26. The lowest BCUT2D eigenvalue weighted by atomic mass is 10.2. The number of nitro groups is 1. The van der Waals surface area contributed by atoms with Crippen molar-refractivity contribution >= 4 is 27.4 Å². The molecule has 138 valence electrons. The number of sulfonamides is 1. The first-order chi connectivity index (χ1) is 12.3. The summed E-state index contributed by atoms with van der Waals surface area (Å²) in [6.07, 6.45) is 0. The van der Waals surface area contributed by atoms with Gasteiger partial charge >= 0.3 is 5.97 Å². The third kappa shape index (κ3) is 5.01. The van der Waals surface area contributed by atoms with Gasteiger partial charge in [-0.1, -0.05) is 30.3 Å². The molecule has 26 heavy (non-hydrogen) atoms. The summed E-state index contributed by atoms with van der Waals surface area (Å²) in [6, 6.07) is 12.3. The summed E-state index contributed by atoms with van der Waals surface area (Å²) in [5, 5.41) is 13.6. The van der Waals surface area contributed by atoms with Gasteiger partial charge < -0.3 is 10.1 Å². The van der Waals surface area contributed by atoms with Gasteiger partial charge in [0.2, 0.25) is 10.0 Å². The molecule has 0 aliphatic carbocycles. The van der Waals surface area contributed by atoms with E-state index in [-0.39, 0.29) is 22.9 Å². The molecule has 2 N–H and O–H groups in total. The fraction of sp³-hybridized carbons (Fsp3) is 0.188. The number of hydrogen-bond acceptors (Lipinski definition) is 7. The predicted molar refractivity (Wildman–Crippen MR) is 94.1 cm³/mol. The van der Waals surface area contributed by atoms with E-state index in [0.29, 0.717) is 0 Å². The molecular formula is C16H17N3O6S. The van der Waals surface area contributed by atoms with Gasteiger partial charge in [0.1, 0.15) is 18.8 Å². The highest BCUT2D eigenvalue weighted by molar-refractivity contribution is 7.89. The summed E-state index contributed by atoms with van der Waals surface area (Å²) in [4.78, 5) is 21.7. The number of hydrogen-bond donors (Lipinski definition) is 2. The van der Waals surface area contributed by atoms with Crippen LogP contribution in [-0.4, -0.2) is 32.9 Å². The quantitative estimate of drug-likeness (QED) is 0.405. The first-order valence-corrected chi connectivity index (χ1v) is 8.97. The molecule has 0 aromatic heterocycles. The molecule has 0 amide bonds. The molecular weight excluding hydrogens is 362 g/mol. The fourth-order valence-corrected chi connectivity index (χ4v) is 3.06. The van der Waals surface area contributed by atoms with Crippen LogP contribution in [0.15, 0.2) is 53.4 Å². The molecule has 0 fully saturated rings. The summed E-state index contributed by atoms with van der Waals surface area (Å²) in [5.74, 6) is -0.765. The van der Waals surface area contributed by atoms with E-state index in [9.17, 15) is 23.3 Å². The Hall–Kier alpha value is -2.98. The van der Waals surface area contributed by atoms with E-state index < -0.39 is 27.5 Å². The van der Waals surface area contributed by atoms with Gasteiger partial charge in [0.25, 0.3) is 5.69 Å². The summed E-state index contributed by atoms with van der Waals surface area (Å²) < 4.78 is 31.5. The molecule has 0 aliphatic rings. The number of anilines is 1. The van der Waals surface area contributed by atoms with Gasteiger partial charge in [-0.2, -0.15) is 4.72 Å². The number of esters is 1. The lowest BCUT2D eigenvalue weighted by Crippen LogP contribution is -2.30. The summed E-state index contributed by atoms with van der Waals surface area (Å²) >= 11 is 0. The van der Waals surface area contributed by atoms with Crippen LogP contribution in [0, 0.1) is 10.1 Å². The highest BCUT2D eigenvalue weighted by atomic mass is 32.2. The monoisotopic (exact) mass is 379 g/mol. The maximum absolute atomic E-state index is 12.2. The zero-order valence-corrected chi connectivity index (χ0v) is 14.7. The first kappa shape index (κ1) is 19.3. The van der Waals surface area contributed by atoms with Crippen molar-refractivity contribution in [2.24, 2.45) is 0 Å². The molecule has 2 aromatic rings. The topological polar surface area (TPSA) is 128 Å². The van der Waals surface area contributed by atoms with Crippen LogP contribution >= 0.6 is 0 Å². The predicted octanol–water partition coefficient (Wildman–Crippen LogP) is 1.66. The molecule has 0 saturated heterocycles. The number of rotatable bonds is 8. The minimum Gasteiger partial charge on any atom is -0.460 e. The molecule has 0 heterocycles. The van der Waals surface area contributed by atoms with Gasteiger partial charge in [-0.05, 0) is 17.7 Å². The highest BCUT2D eigenvalue weighted by Gasteiger charge is 2.21. The molecule has 0 aliphatic heterocycles. The average molecular weight is 379 g/mol. The zero-order valence-electron chi connectivity index (χ0n) is 13.8. The number of carbonyl (C=O) groups excluding carboxylic acids is 1. The number of carbonyl (C=O) groups is 1. The SMILES string of the molecule is CNc1ccc(S(=O)(=O)NCC(=O)OCc2ccccc2)cc1[N+](=O)[O-]. The normalized spacial score (nSPS) is 11.0. The van der Waals surface area contributed by atoms with Gasteiger partial charge in [-0.15, -0.1) is 0 Å². The van der Waals surface area contributed by atoms with Crippen molar-refractivity contribution in [1.82, 2.24) is 4.72 Å². The van der Waals surface area contributed by atoms with Crippen LogP contribution in [-0.2, 0) is 26.2 Å². The van der Waals surface area contributed by atoms with Crippen molar-refractivity contribution in [2.45, 2.75) is 11.5 Å². The molecule has 10 heteroatoms. The molecule has 0 unspecified atom stereocenters. The maximum Gasteiger partial charge on any atom is 0.321 e.